The van der Waals surface area contributed by atoms with Gasteiger partial charge in [-0.25, -0.2) is 4.79 Å². The number of azide groups is 1. The Morgan fingerprint density at radius 2 is 2.23 bits per heavy atom. The Hall–Kier alpha value is -1.72. The lowest BCUT2D eigenvalue weighted by Crippen LogP contribution is -2.42. The van der Waals surface area contributed by atoms with Crippen LogP contribution in [-0.4, -0.2) is 48.4 Å². The van der Waals surface area contributed by atoms with Crippen molar-refractivity contribution in [3.05, 3.63) is 22.6 Å². The molecule has 2 atom stereocenters. The van der Waals surface area contributed by atoms with Crippen molar-refractivity contribution in [1.29, 1.82) is 0 Å². The fraction of sp³-hybridized carbons (Fsp3) is 0.800. The molecule has 0 aromatic heterocycles. The third-order valence-electron chi connectivity index (χ3n) is 3.10. The first-order valence-electron chi connectivity index (χ1n) is 7.67. The molecule has 0 radical (unpaired) electrons. The van der Waals surface area contributed by atoms with Crippen molar-refractivity contribution < 1.29 is 14.3 Å². The van der Waals surface area contributed by atoms with Crippen molar-refractivity contribution in [2.45, 2.75) is 58.3 Å². The Labute approximate surface area is 131 Å². The maximum absolute atomic E-state index is 12.2. The first-order chi connectivity index (χ1) is 10.4. The Morgan fingerprint density at radius 1 is 1.50 bits per heavy atom. The molecule has 1 aliphatic heterocycles. The number of unbranched alkanes of at least 4 members (excludes halogenated alkanes) is 1. The molecule has 0 aromatic rings. The van der Waals surface area contributed by atoms with Crippen molar-refractivity contribution in [2.75, 3.05) is 19.7 Å². The molecule has 124 valence electrons. The molecule has 1 amide bonds. The highest BCUT2D eigenvalue weighted by molar-refractivity contribution is 5.68. The smallest absolute Gasteiger partial charge is 0.410 e. The predicted octanol–water partition coefficient (Wildman–Crippen LogP) is 3.66. The summed E-state index contributed by atoms with van der Waals surface area (Å²) in [5.74, 6) is 0. The van der Waals surface area contributed by atoms with Gasteiger partial charge in [-0.05, 0) is 32.7 Å². The number of nitrogens with zero attached hydrogens (tertiary/aromatic N) is 4. The lowest BCUT2D eigenvalue weighted by Gasteiger charge is -2.28. The predicted molar refractivity (Wildman–Crippen MR) is 84.5 cm³/mol. The molecule has 0 aliphatic carbocycles. The first kappa shape index (κ1) is 18.3. The van der Waals surface area contributed by atoms with Crippen molar-refractivity contribution in [3.8, 4) is 0 Å². The second-order valence-corrected chi connectivity index (χ2v) is 6.27. The highest BCUT2D eigenvalue weighted by Crippen LogP contribution is 2.16. The second kappa shape index (κ2) is 8.66. The average molecular weight is 310 g/mol. The summed E-state index contributed by atoms with van der Waals surface area (Å²) in [6.45, 7) is 8.85. The van der Waals surface area contributed by atoms with Gasteiger partial charge in [0, 0.05) is 24.6 Å². The van der Waals surface area contributed by atoms with Crippen LogP contribution < -0.4 is 0 Å². The molecule has 0 aromatic carbocycles. The van der Waals surface area contributed by atoms with Gasteiger partial charge in [-0.15, -0.1) is 0 Å². The summed E-state index contributed by atoms with van der Waals surface area (Å²) >= 11 is 0. The van der Waals surface area contributed by atoms with Crippen LogP contribution >= 0.6 is 0 Å². The number of hydrogen-bond donors (Lipinski definition) is 0. The zero-order chi connectivity index (χ0) is 16.6. The Kier molecular flexibility index (Phi) is 7.21. The molecule has 0 saturated heterocycles. The van der Waals surface area contributed by atoms with Crippen molar-refractivity contribution in [1.82, 2.24) is 4.90 Å². The van der Waals surface area contributed by atoms with Gasteiger partial charge in [0.2, 0.25) is 0 Å². The molecule has 1 heterocycles. The maximum Gasteiger partial charge on any atom is 0.410 e. The van der Waals surface area contributed by atoms with E-state index >= 15 is 0 Å². The van der Waals surface area contributed by atoms with Crippen LogP contribution in [0.5, 0.6) is 0 Å². The van der Waals surface area contributed by atoms with Crippen LogP contribution in [0.25, 0.3) is 10.4 Å². The second-order valence-electron chi connectivity index (χ2n) is 6.27. The van der Waals surface area contributed by atoms with Crippen LogP contribution in [0.1, 0.15) is 40.5 Å². The summed E-state index contributed by atoms with van der Waals surface area (Å²) in [5.41, 5.74) is 8.20. The third-order valence-corrected chi connectivity index (χ3v) is 3.10. The molecule has 0 spiro atoms. The summed E-state index contributed by atoms with van der Waals surface area (Å²) in [5, 5.41) is 3.79. The standard InChI is InChI=1S/C15H26N4O3/c1-5-6-10-21-13-8-7-9-19(11-12(13)17-18-16)14(20)22-15(2,3)4/h7-8,12-13H,5-6,9-11H2,1-4H3/t12-,13-/m1/s1. The third kappa shape index (κ3) is 6.37. The zero-order valence-electron chi connectivity index (χ0n) is 13.9. The monoisotopic (exact) mass is 310 g/mol. The van der Waals surface area contributed by atoms with Crippen molar-refractivity contribution >= 4 is 6.09 Å². The lowest BCUT2D eigenvalue weighted by atomic mass is 10.1. The quantitative estimate of drug-likeness (QED) is 0.255. The van der Waals surface area contributed by atoms with Gasteiger partial charge in [0.05, 0.1) is 12.1 Å². The number of carbonyl (C=O) groups is 1. The van der Waals surface area contributed by atoms with Crippen molar-refractivity contribution in [2.24, 2.45) is 5.11 Å². The van der Waals surface area contributed by atoms with E-state index in [1.807, 2.05) is 32.9 Å². The summed E-state index contributed by atoms with van der Waals surface area (Å²) in [6, 6.07) is -0.451. The number of carbonyl (C=O) groups excluding carboxylic acids is 1. The fourth-order valence-electron chi connectivity index (χ4n) is 2.03. The molecule has 1 aliphatic rings. The van der Waals surface area contributed by atoms with Gasteiger partial charge < -0.3 is 14.4 Å². The molecule has 7 heteroatoms. The van der Waals surface area contributed by atoms with E-state index in [4.69, 9.17) is 15.0 Å². The molecule has 22 heavy (non-hydrogen) atoms. The van der Waals surface area contributed by atoms with E-state index in [0.29, 0.717) is 13.2 Å². The van der Waals surface area contributed by atoms with E-state index in [1.165, 1.54) is 4.90 Å². The van der Waals surface area contributed by atoms with Gasteiger partial charge in [0.1, 0.15) is 5.60 Å². The van der Waals surface area contributed by atoms with Crippen LogP contribution in [-0.2, 0) is 9.47 Å². The Morgan fingerprint density at radius 3 is 2.82 bits per heavy atom. The maximum atomic E-state index is 12.2. The van der Waals surface area contributed by atoms with Crippen LogP contribution in [0.2, 0.25) is 0 Å². The average Bonchev–Trinajstić information content (AvgIpc) is 2.61. The summed E-state index contributed by atoms with van der Waals surface area (Å²) in [7, 11) is 0. The molecule has 0 saturated carbocycles. The summed E-state index contributed by atoms with van der Waals surface area (Å²) < 4.78 is 11.1. The summed E-state index contributed by atoms with van der Waals surface area (Å²) in [4.78, 5) is 16.6. The van der Waals surface area contributed by atoms with Gasteiger partial charge in [-0.2, -0.15) is 0 Å². The van der Waals surface area contributed by atoms with Crippen LogP contribution in [0.15, 0.2) is 17.3 Å². The van der Waals surface area contributed by atoms with Gasteiger partial charge in [-0.1, -0.05) is 30.6 Å². The SMILES string of the molecule is CCCCO[C@@H]1C=CCN(C(=O)OC(C)(C)C)C[C@H]1N=[N+]=[N-]. The largest absolute Gasteiger partial charge is 0.444 e. The molecular formula is C15H26N4O3. The topological polar surface area (TPSA) is 87.5 Å². The number of amides is 1. The van der Waals surface area contributed by atoms with Crippen LogP contribution in [0, 0.1) is 0 Å². The van der Waals surface area contributed by atoms with E-state index in [2.05, 4.69) is 16.9 Å². The van der Waals surface area contributed by atoms with Gasteiger partial charge in [0.25, 0.3) is 0 Å². The minimum atomic E-state index is -0.557. The van der Waals surface area contributed by atoms with E-state index in [0.717, 1.165) is 12.8 Å². The first-order valence-corrected chi connectivity index (χ1v) is 7.67. The highest BCUT2D eigenvalue weighted by atomic mass is 16.6. The van der Waals surface area contributed by atoms with Crippen molar-refractivity contribution in [3.63, 3.8) is 0 Å². The van der Waals surface area contributed by atoms with Gasteiger partial charge in [0.15, 0.2) is 0 Å². The Balaban J connectivity index is 2.74. The van der Waals surface area contributed by atoms with E-state index in [1.54, 1.807) is 0 Å². The Bertz CT molecular complexity index is 439. The number of hydrogen-bond acceptors (Lipinski definition) is 4. The lowest BCUT2D eigenvalue weighted by molar-refractivity contribution is 0.0205. The molecule has 0 bridgehead atoms. The molecule has 0 N–H and O–H groups in total. The molecule has 0 fully saturated rings. The molecular weight excluding hydrogens is 284 g/mol. The minimum absolute atomic E-state index is 0.281. The molecule has 7 nitrogen and oxygen atoms in total. The van der Waals surface area contributed by atoms with Crippen LogP contribution in [0.4, 0.5) is 4.79 Å². The molecule has 1 rings (SSSR count). The zero-order valence-corrected chi connectivity index (χ0v) is 13.9. The number of rotatable bonds is 5. The molecule has 0 unspecified atom stereocenters. The van der Waals surface area contributed by atoms with Gasteiger partial charge >= 0.3 is 6.09 Å². The van der Waals surface area contributed by atoms with E-state index < -0.39 is 17.7 Å². The van der Waals surface area contributed by atoms with E-state index in [-0.39, 0.29) is 12.6 Å². The summed E-state index contributed by atoms with van der Waals surface area (Å²) in [6.07, 6.45) is 4.97. The number of ether oxygens (including phenoxy) is 2. The normalized spacial score (nSPS) is 21.9. The van der Waals surface area contributed by atoms with E-state index in [9.17, 15) is 4.79 Å². The van der Waals surface area contributed by atoms with Crippen LogP contribution in [0.3, 0.4) is 0 Å². The minimum Gasteiger partial charge on any atom is -0.444 e. The fourth-order valence-corrected chi connectivity index (χ4v) is 2.03. The highest BCUT2D eigenvalue weighted by Gasteiger charge is 2.29. The van der Waals surface area contributed by atoms with Gasteiger partial charge in [-0.3, -0.25) is 0 Å².